The molecule has 0 aliphatic rings. The van der Waals surface area contributed by atoms with Gasteiger partial charge in [-0.1, -0.05) is 36.4 Å². The summed E-state index contributed by atoms with van der Waals surface area (Å²) >= 11 is 0. The van der Waals surface area contributed by atoms with Crippen molar-refractivity contribution in [1.82, 2.24) is 5.32 Å². The molecule has 24 heavy (non-hydrogen) atoms. The molecule has 0 radical (unpaired) electrons. The Morgan fingerprint density at radius 1 is 1.21 bits per heavy atom. The van der Waals surface area contributed by atoms with Crippen LogP contribution in [0.2, 0.25) is 0 Å². The van der Waals surface area contributed by atoms with Crippen LogP contribution in [0.15, 0.2) is 59.6 Å². The highest BCUT2D eigenvalue weighted by Crippen LogP contribution is 2.13. The first-order chi connectivity index (χ1) is 11.1. The Labute approximate surface area is 159 Å². The van der Waals surface area contributed by atoms with E-state index in [1.54, 1.807) is 12.1 Å². The summed E-state index contributed by atoms with van der Waals surface area (Å²) in [4.78, 5) is 4.24. The molecule has 2 rings (SSSR count). The Hall–Kier alpha value is -1.83. The number of hydrogen-bond acceptors (Lipinski definition) is 2. The summed E-state index contributed by atoms with van der Waals surface area (Å²) in [6, 6.07) is 16.2. The number of rotatable bonds is 7. The van der Waals surface area contributed by atoms with Crippen LogP contribution < -0.4 is 15.8 Å². The minimum Gasteiger partial charge on any atom is -0.489 e. The fourth-order valence-corrected chi connectivity index (χ4v) is 2.07. The van der Waals surface area contributed by atoms with Gasteiger partial charge >= 0.3 is 0 Å². The van der Waals surface area contributed by atoms with E-state index in [9.17, 15) is 4.39 Å². The highest BCUT2D eigenvalue weighted by molar-refractivity contribution is 14.0. The molecule has 0 aliphatic carbocycles. The Morgan fingerprint density at radius 2 is 1.96 bits per heavy atom. The van der Waals surface area contributed by atoms with E-state index in [0.29, 0.717) is 18.3 Å². The lowest BCUT2D eigenvalue weighted by Crippen LogP contribution is -2.34. The van der Waals surface area contributed by atoms with Crippen molar-refractivity contribution in [3.05, 3.63) is 66.0 Å². The summed E-state index contributed by atoms with van der Waals surface area (Å²) in [6.45, 7) is 2.99. The number of benzene rings is 2. The van der Waals surface area contributed by atoms with Gasteiger partial charge in [-0.3, -0.25) is 0 Å². The first-order valence-corrected chi connectivity index (χ1v) is 7.63. The molecule has 2 aromatic carbocycles. The van der Waals surface area contributed by atoms with Crippen LogP contribution in [-0.4, -0.2) is 25.2 Å². The minimum atomic E-state index is -0.319. The van der Waals surface area contributed by atoms with Gasteiger partial charge in [0, 0.05) is 12.6 Å². The van der Waals surface area contributed by atoms with E-state index in [1.165, 1.54) is 17.7 Å². The minimum absolute atomic E-state index is 0. The number of nitrogens with zero attached hydrogens (tertiary/aromatic N) is 1. The number of aliphatic imine (C=N–C) groups is 1. The number of nitrogens with one attached hydrogen (secondary N) is 1. The first kappa shape index (κ1) is 20.2. The Kier molecular flexibility index (Phi) is 9.14. The van der Waals surface area contributed by atoms with Gasteiger partial charge in [0.05, 0.1) is 6.54 Å². The van der Waals surface area contributed by atoms with Crippen LogP contribution in [0.1, 0.15) is 12.5 Å². The van der Waals surface area contributed by atoms with E-state index in [2.05, 4.69) is 22.4 Å². The van der Waals surface area contributed by atoms with Gasteiger partial charge in [-0.15, -0.1) is 24.0 Å². The van der Waals surface area contributed by atoms with E-state index in [4.69, 9.17) is 10.5 Å². The van der Waals surface area contributed by atoms with Gasteiger partial charge in [-0.05, 0) is 31.0 Å². The first-order valence-electron chi connectivity index (χ1n) is 7.63. The molecule has 0 aromatic heterocycles. The van der Waals surface area contributed by atoms with Gasteiger partial charge in [0.15, 0.2) is 5.96 Å². The molecule has 0 saturated carbocycles. The van der Waals surface area contributed by atoms with E-state index < -0.39 is 0 Å². The summed E-state index contributed by atoms with van der Waals surface area (Å²) in [5, 5.41) is 3.07. The van der Waals surface area contributed by atoms with Crippen LogP contribution in [0.3, 0.4) is 0 Å². The van der Waals surface area contributed by atoms with Gasteiger partial charge in [-0.25, -0.2) is 9.38 Å². The largest absolute Gasteiger partial charge is 0.489 e. The number of halogens is 2. The predicted molar refractivity (Wildman–Crippen MR) is 107 cm³/mol. The second-order valence-electron chi connectivity index (χ2n) is 5.27. The number of hydrogen-bond donors (Lipinski definition) is 2. The van der Waals surface area contributed by atoms with Gasteiger partial charge in [0.1, 0.15) is 17.7 Å². The summed E-state index contributed by atoms with van der Waals surface area (Å²) in [7, 11) is 0. The van der Waals surface area contributed by atoms with Crippen LogP contribution in [0.5, 0.6) is 5.75 Å². The Balaban J connectivity index is 0.00000288. The normalized spacial score (nSPS) is 12.2. The predicted octanol–water partition coefficient (Wildman–Crippen LogP) is 3.36. The van der Waals surface area contributed by atoms with Crippen molar-refractivity contribution in [2.24, 2.45) is 10.7 Å². The van der Waals surface area contributed by atoms with Gasteiger partial charge in [0.25, 0.3) is 0 Å². The molecule has 1 atom stereocenters. The molecular weight excluding hydrogens is 420 g/mol. The molecule has 0 bridgehead atoms. The van der Waals surface area contributed by atoms with E-state index in [-0.39, 0.29) is 35.9 Å². The van der Waals surface area contributed by atoms with Crippen molar-refractivity contribution in [2.45, 2.75) is 19.4 Å². The van der Waals surface area contributed by atoms with Crippen LogP contribution in [-0.2, 0) is 6.42 Å². The lowest BCUT2D eigenvalue weighted by Gasteiger charge is -2.13. The molecule has 0 spiro atoms. The molecule has 130 valence electrons. The van der Waals surface area contributed by atoms with E-state index >= 15 is 0 Å². The molecular formula is C18H23FIN3O. The molecule has 0 saturated heterocycles. The third-order valence-electron chi connectivity index (χ3n) is 3.21. The fraction of sp³-hybridized carbons (Fsp3) is 0.278. The molecule has 0 fully saturated rings. The average molecular weight is 443 g/mol. The standard InChI is InChI=1S/C18H22FN3O.HI/c1-14(23-17-9-5-8-16(19)12-17)13-22-18(20)21-11-10-15-6-3-2-4-7-15;/h2-9,12,14H,10-11,13H2,1H3,(H3,20,21,22);1H. The molecule has 2 aromatic rings. The third-order valence-corrected chi connectivity index (χ3v) is 3.21. The molecule has 0 amide bonds. The van der Waals surface area contributed by atoms with E-state index in [1.807, 2.05) is 25.1 Å². The molecule has 0 aliphatic heterocycles. The van der Waals surface area contributed by atoms with Crippen molar-refractivity contribution >= 4 is 29.9 Å². The van der Waals surface area contributed by atoms with Crippen molar-refractivity contribution in [1.29, 1.82) is 0 Å². The SMILES string of the molecule is CC(CN=C(N)NCCc1ccccc1)Oc1cccc(F)c1.I. The third kappa shape index (κ3) is 7.63. The Morgan fingerprint density at radius 3 is 2.67 bits per heavy atom. The fourth-order valence-electron chi connectivity index (χ4n) is 2.07. The zero-order chi connectivity index (χ0) is 16.5. The summed E-state index contributed by atoms with van der Waals surface area (Å²) in [6.07, 6.45) is 0.693. The maximum atomic E-state index is 13.1. The smallest absolute Gasteiger partial charge is 0.188 e. The van der Waals surface area contributed by atoms with Gasteiger partial charge < -0.3 is 15.8 Å². The average Bonchev–Trinajstić information content (AvgIpc) is 2.54. The van der Waals surface area contributed by atoms with Crippen LogP contribution in [0.25, 0.3) is 0 Å². The highest BCUT2D eigenvalue weighted by atomic mass is 127. The van der Waals surface area contributed by atoms with Crippen LogP contribution >= 0.6 is 24.0 Å². The lowest BCUT2D eigenvalue weighted by molar-refractivity contribution is 0.229. The van der Waals surface area contributed by atoms with Crippen LogP contribution in [0.4, 0.5) is 4.39 Å². The van der Waals surface area contributed by atoms with Crippen molar-refractivity contribution < 1.29 is 9.13 Å². The number of guanidine groups is 1. The molecule has 6 heteroatoms. The number of nitrogens with two attached hydrogens (primary N) is 1. The highest BCUT2D eigenvalue weighted by Gasteiger charge is 2.04. The number of ether oxygens (including phenoxy) is 1. The summed E-state index contributed by atoms with van der Waals surface area (Å²) in [5.41, 5.74) is 7.07. The quantitative estimate of drug-likeness (QED) is 0.392. The monoisotopic (exact) mass is 443 g/mol. The van der Waals surface area contributed by atoms with Gasteiger partial charge in [-0.2, -0.15) is 0 Å². The van der Waals surface area contributed by atoms with Crippen molar-refractivity contribution in [2.75, 3.05) is 13.1 Å². The molecule has 4 nitrogen and oxygen atoms in total. The zero-order valence-electron chi connectivity index (χ0n) is 13.6. The second kappa shape index (κ2) is 10.9. The van der Waals surface area contributed by atoms with Crippen LogP contribution in [0, 0.1) is 5.82 Å². The maximum absolute atomic E-state index is 13.1. The van der Waals surface area contributed by atoms with E-state index in [0.717, 1.165) is 13.0 Å². The molecule has 3 N–H and O–H groups in total. The van der Waals surface area contributed by atoms with Crippen molar-refractivity contribution in [3.63, 3.8) is 0 Å². The van der Waals surface area contributed by atoms with Gasteiger partial charge in [0.2, 0.25) is 0 Å². The second-order valence-corrected chi connectivity index (χ2v) is 5.27. The maximum Gasteiger partial charge on any atom is 0.188 e. The lowest BCUT2D eigenvalue weighted by atomic mass is 10.1. The summed E-state index contributed by atoms with van der Waals surface area (Å²) in [5.74, 6) is 0.555. The zero-order valence-corrected chi connectivity index (χ0v) is 15.9. The Bertz CT molecular complexity index is 637. The molecule has 0 heterocycles. The summed E-state index contributed by atoms with van der Waals surface area (Å²) < 4.78 is 18.7. The van der Waals surface area contributed by atoms with Crippen molar-refractivity contribution in [3.8, 4) is 5.75 Å². The molecule has 1 unspecified atom stereocenters. The topological polar surface area (TPSA) is 59.6 Å².